The van der Waals surface area contributed by atoms with E-state index in [9.17, 15) is 4.79 Å². The molecule has 3 aromatic rings. The van der Waals surface area contributed by atoms with Crippen molar-refractivity contribution in [1.82, 2.24) is 15.0 Å². The summed E-state index contributed by atoms with van der Waals surface area (Å²) in [5.74, 6) is 0.630. The van der Waals surface area contributed by atoms with Gasteiger partial charge in [-0.1, -0.05) is 34.4 Å². The Labute approximate surface area is 161 Å². The minimum absolute atomic E-state index is 0.177. The topological polar surface area (TPSA) is 59.2 Å². The van der Waals surface area contributed by atoms with Gasteiger partial charge < -0.3 is 9.42 Å². The molecule has 0 bridgehead atoms. The fraction of sp³-hybridized carbons (Fsp3) is 0.211. The number of halogens is 2. The molecule has 0 unspecified atom stereocenters. The van der Waals surface area contributed by atoms with Gasteiger partial charge in [-0.2, -0.15) is 4.98 Å². The maximum Gasteiger partial charge on any atom is 0.255 e. The van der Waals surface area contributed by atoms with Crippen molar-refractivity contribution in [1.29, 1.82) is 0 Å². The van der Waals surface area contributed by atoms with Crippen LogP contribution in [0.25, 0.3) is 11.4 Å². The first-order valence-electron chi connectivity index (χ1n) is 8.12. The van der Waals surface area contributed by atoms with E-state index in [-0.39, 0.29) is 12.5 Å². The van der Waals surface area contributed by atoms with Crippen LogP contribution in [-0.4, -0.2) is 27.5 Å². The summed E-state index contributed by atoms with van der Waals surface area (Å²) in [6.07, 6.45) is 0. The van der Waals surface area contributed by atoms with Gasteiger partial charge in [0.2, 0.25) is 11.7 Å². The van der Waals surface area contributed by atoms with Gasteiger partial charge in [-0.05, 0) is 55.8 Å². The molecule has 0 N–H and O–H groups in total. The standard InChI is InChI=1S/C19H17Cl2N3O2/c1-3-24(19(25)15-9-4-12(2)10-16(15)21)11-17-22-18(23-26-17)13-5-7-14(20)8-6-13/h4-10H,3,11H2,1-2H3. The predicted octanol–water partition coefficient (Wildman–Crippen LogP) is 5.01. The monoisotopic (exact) mass is 389 g/mol. The lowest BCUT2D eigenvalue weighted by molar-refractivity contribution is 0.0734. The van der Waals surface area contributed by atoms with Crippen LogP contribution in [-0.2, 0) is 6.54 Å². The average molecular weight is 390 g/mol. The van der Waals surface area contributed by atoms with E-state index in [1.54, 1.807) is 29.2 Å². The van der Waals surface area contributed by atoms with Crippen molar-refractivity contribution < 1.29 is 9.32 Å². The molecule has 1 aromatic heterocycles. The largest absolute Gasteiger partial charge is 0.337 e. The second kappa shape index (κ2) is 7.89. The number of nitrogens with zero attached hydrogens (tertiary/aromatic N) is 3. The molecule has 0 spiro atoms. The molecule has 134 valence electrons. The van der Waals surface area contributed by atoms with Crippen LogP contribution in [0.5, 0.6) is 0 Å². The third kappa shape index (κ3) is 4.06. The van der Waals surface area contributed by atoms with E-state index in [4.69, 9.17) is 27.7 Å². The van der Waals surface area contributed by atoms with Crippen molar-refractivity contribution in [2.75, 3.05) is 6.54 Å². The number of carbonyl (C=O) groups excluding carboxylic acids is 1. The highest BCUT2D eigenvalue weighted by Crippen LogP contribution is 2.22. The molecule has 0 radical (unpaired) electrons. The predicted molar refractivity (Wildman–Crippen MR) is 101 cm³/mol. The second-order valence-electron chi connectivity index (χ2n) is 5.82. The van der Waals surface area contributed by atoms with Gasteiger partial charge in [-0.25, -0.2) is 0 Å². The highest BCUT2D eigenvalue weighted by molar-refractivity contribution is 6.33. The Kier molecular flexibility index (Phi) is 5.59. The number of aromatic nitrogens is 2. The van der Waals surface area contributed by atoms with E-state index in [1.165, 1.54) is 0 Å². The van der Waals surface area contributed by atoms with Crippen molar-refractivity contribution in [2.24, 2.45) is 0 Å². The van der Waals surface area contributed by atoms with E-state index in [0.29, 0.717) is 33.9 Å². The van der Waals surface area contributed by atoms with Gasteiger partial charge in [0, 0.05) is 17.1 Å². The first-order chi connectivity index (χ1) is 12.5. The lowest BCUT2D eigenvalue weighted by Crippen LogP contribution is -2.30. The summed E-state index contributed by atoms with van der Waals surface area (Å²) in [6.45, 7) is 4.51. The summed E-state index contributed by atoms with van der Waals surface area (Å²) >= 11 is 12.1. The summed E-state index contributed by atoms with van der Waals surface area (Å²) in [6, 6.07) is 12.5. The molecular formula is C19H17Cl2N3O2. The van der Waals surface area contributed by atoms with Gasteiger partial charge >= 0.3 is 0 Å². The lowest BCUT2D eigenvalue weighted by atomic mass is 10.1. The molecule has 0 saturated carbocycles. The zero-order valence-corrected chi connectivity index (χ0v) is 15.9. The molecule has 7 heteroatoms. The van der Waals surface area contributed by atoms with Gasteiger partial charge in [0.15, 0.2) is 0 Å². The molecule has 1 heterocycles. The minimum Gasteiger partial charge on any atom is -0.337 e. The summed E-state index contributed by atoms with van der Waals surface area (Å²) in [7, 11) is 0. The minimum atomic E-state index is -0.177. The van der Waals surface area contributed by atoms with Crippen LogP contribution in [0.3, 0.4) is 0 Å². The van der Waals surface area contributed by atoms with Crippen molar-refractivity contribution in [3.05, 3.63) is 69.5 Å². The van der Waals surface area contributed by atoms with Crippen LogP contribution in [0, 0.1) is 6.92 Å². The van der Waals surface area contributed by atoms with Gasteiger partial charge in [-0.3, -0.25) is 4.79 Å². The zero-order chi connectivity index (χ0) is 18.7. The van der Waals surface area contributed by atoms with E-state index < -0.39 is 0 Å². The molecule has 0 aliphatic carbocycles. The smallest absolute Gasteiger partial charge is 0.255 e. The molecule has 26 heavy (non-hydrogen) atoms. The number of benzene rings is 2. The van der Waals surface area contributed by atoms with Gasteiger partial charge in [-0.15, -0.1) is 0 Å². The SMILES string of the molecule is CCN(Cc1nc(-c2ccc(Cl)cc2)no1)C(=O)c1ccc(C)cc1Cl. The molecule has 0 atom stereocenters. The second-order valence-corrected chi connectivity index (χ2v) is 6.66. The quantitative estimate of drug-likeness (QED) is 0.614. The molecule has 3 rings (SSSR count). The molecule has 2 aromatic carbocycles. The fourth-order valence-corrected chi connectivity index (χ4v) is 2.93. The highest BCUT2D eigenvalue weighted by Gasteiger charge is 2.20. The van der Waals surface area contributed by atoms with E-state index in [0.717, 1.165) is 11.1 Å². The van der Waals surface area contributed by atoms with Crippen molar-refractivity contribution in [3.63, 3.8) is 0 Å². The number of hydrogen-bond acceptors (Lipinski definition) is 4. The van der Waals surface area contributed by atoms with Gasteiger partial charge in [0.05, 0.1) is 10.6 Å². The highest BCUT2D eigenvalue weighted by atomic mass is 35.5. The van der Waals surface area contributed by atoms with Crippen LogP contribution >= 0.6 is 23.2 Å². The Morgan fingerprint density at radius 2 is 1.88 bits per heavy atom. The van der Waals surface area contributed by atoms with Crippen molar-refractivity contribution in [2.45, 2.75) is 20.4 Å². The molecule has 0 saturated heterocycles. The summed E-state index contributed by atoms with van der Waals surface area (Å²) in [5, 5.41) is 5.04. The molecule has 0 aliphatic rings. The lowest BCUT2D eigenvalue weighted by Gasteiger charge is -2.19. The number of hydrogen-bond donors (Lipinski definition) is 0. The Balaban J connectivity index is 1.78. The van der Waals surface area contributed by atoms with E-state index >= 15 is 0 Å². The summed E-state index contributed by atoms with van der Waals surface area (Å²) in [4.78, 5) is 18.7. The van der Waals surface area contributed by atoms with E-state index in [1.807, 2.05) is 32.0 Å². The molecule has 0 fully saturated rings. The Bertz CT molecular complexity index is 923. The van der Waals surface area contributed by atoms with Crippen LogP contribution in [0.15, 0.2) is 47.0 Å². The number of amides is 1. The van der Waals surface area contributed by atoms with Crippen LogP contribution < -0.4 is 0 Å². The fourth-order valence-electron chi connectivity index (χ4n) is 2.49. The maximum absolute atomic E-state index is 12.8. The van der Waals surface area contributed by atoms with Crippen molar-refractivity contribution >= 4 is 29.1 Å². The third-order valence-corrected chi connectivity index (χ3v) is 4.49. The first kappa shape index (κ1) is 18.4. The third-order valence-electron chi connectivity index (χ3n) is 3.92. The zero-order valence-electron chi connectivity index (χ0n) is 14.4. The summed E-state index contributed by atoms with van der Waals surface area (Å²) < 4.78 is 5.30. The first-order valence-corrected chi connectivity index (χ1v) is 8.87. The summed E-state index contributed by atoms with van der Waals surface area (Å²) in [5.41, 5.74) is 2.25. The Morgan fingerprint density at radius 1 is 1.15 bits per heavy atom. The average Bonchev–Trinajstić information content (AvgIpc) is 3.08. The molecule has 0 aliphatic heterocycles. The van der Waals surface area contributed by atoms with E-state index in [2.05, 4.69) is 10.1 Å². The Morgan fingerprint density at radius 3 is 2.54 bits per heavy atom. The molecule has 1 amide bonds. The maximum atomic E-state index is 12.8. The number of aryl methyl sites for hydroxylation is 1. The van der Waals surface area contributed by atoms with Gasteiger partial charge in [0.25, 0.3) is 5.91 Å². The number of carbonyl (C=O) groups is 1. The van der Waals surface area contributed by atoms with Crippen LogP contribution in [0.2, 0.25) is 10.0 Å². The molecular weight excluding hydrogens is 373 g/mol. The van der Waals surface area contributed by atoms with Crippen LogP contribution in [0.1, 0.15) is 28.7 Å². The van der Waals surface area contributed by atoms with Gasteiger partial charge in [0.1, 0.15) is 6.54 Å². The van der Waals surface area contributed by atoms with Crippen LogP contribution in [0.4, 0.5) is 0 Å². The normalized spacial score (nSPS) is 10.8. The Hall–Kier alpha value is -2.37. The number of rotatable bonds is 5. The van der Waals surface area contributed by atoms with Crippen molar-refractivity contribution in [3.8, 4) is 11.4 Å². The molecule has 5 nitrogen and oxygen atoms in total.